The zero-order chi connectivity index (χ0) is 16.2. The number of benzene rings is 1. The Morgan fingerprint density at radius 3 is 2.89 bits per heavy atom. The highest BCUT2D eigenvalue weighted by Gasteiger charge is 2.12. The van der Waals surface area contributed by atoms with Gasteiger partial charge in [-0.05, 0) is 45.6 Å². The topological polar surface area (TPSA) is 32.8 Å². The smallest absolute Gasteiger partial charge is 0.410 e. The Morgan fingerprint density at radius 1 is 1.56 bits per heavy atom. The zero-order valence-corrected chi connectivity index (χ0v) is 11.3. The number of carbonyl (C=O) groups excluding carboxylic acids is 1. The molecule has 0 aromatic heterocycles. The Morgan fingerprint density at radius 2 is 2.28 bits per heavy atom. The molecule has 1 atom stereocenters. The second kappa shape index (κ2) is 6.40. The zero-order valence-electron chi connectivity index (χ0n) is 14.3. The molecule has 1 amide bonds. The van der Waals surface area contributed by atoms with E-state index in [4.69, 9.17) is 8.85 Å². The molecule has 0 fully saturated rings. The van der Waals surface area contributed by atoms with Crippen molar-refractivity contribution < 1.29 is 13.6 Å². The Bertz CT molecular complexity index is 497. The van der Waals surface area contributed by atoms with Crippen LogP contribution in [0.15, 0.2) is 24.2 Å². The molecule has 0 radical (unpaired) electrons. The standard InChI is InChI=1S/C14H22N2O2/c1-6-16(5)14(17)18-13-9-7-8-12(10-13)11(2)15(3)4/h7-11H,6H2,1-5H3/t11-/m0/s1/i3D2,10D. The summed E-state index contributed by atoms with van der Waals surface area (Å²) in [5, 5.41) is 0. The molecule has 0 spiro atoms. The highest BCUT2D eigenvalue weighted by molar-refractivity contribution is 5.70. The second-order valence-corrected chi connectivity index (χ2v) is 4.19. The van der Waals surface area contributed by atoms with Crippen molar-refractivity contribution in [1.29, 1.82) is 0 Å². The third-order valence-corrected chi connectivity index (χ3v) is 2.84. The monoisotopic (exact) mass is 253 g/mol. The molecule has 0 saturated heterocycles. The number of rotatable bonds is 4. The lowest BCUT2D eigenvalue weighted by atomic mass is 10.1. The van der Waals surface area contributed by atoms with Gasteiger partial charge in [0.15, 0.2) is 0 Å². The third-order valence-electron chi connectivity index (χ3n) is 2.84. The van der Waals surface area contributed by atoms with E-state index in [-0.39, 0.29) is 17.8 Å². The van der Waals surface area contributed by atoms with Gasteiger partial charge in [0.1, 0.15) is 5.75 Å². The maximum atomic E-state index is 11.8. The average molecular weight is 253 g/mol. The SMILES string of the molecule is [2H]c1c(OC(=O)N(C)CC)cccc1[C@H](C)N(C)C([2H])[2H]. The highest BCUT2D eigenvalue weighted by Crippen LogP contribution is 2.22. The molecule has 0 bridgehead atoms. The number of nitrogens with zero attached hydrogens (tertiary/aromatic N) is 2. The number of ether oxygens (including phenoxy) is 1. The molecule has 4 nitrogen and oxygen atoms in total. The van der Waals surface area contributed by atoms with Gasteiger partial charge in [0.25, 0.3) is 0 Å². The van der Waals surface area contributed by atoms with Gasteiger partial charge in [-0.15, -0.1) is 0 Å². The number of hydrogen-bond acceptors (Lipinski definition) is 3. The van der Waals surface area contributed by atoms with Gasteiger partial charge in [0.2, 0.25) is 0 Å². The summed E-state index contributed by atoms with van der Waals surface area (Å²) >= 11 is 0. The van der Waals surface area contributed by atoms with Crippen LogP contribution in [0.3, 0.4) is 0 Å². The molecule has 18 heavy (non-hydrogen) atoms. The lowest BCUT2D eigenvalue weighted by molar-refractivity contribution is 0.165. The molecule has 0 aliphatic rings. The van der Waals surface area contributed by atoms with Crippen molar-refractivity contribution in [2.24, 2.45) is 0 Å². The van der Waals surface area contributed by atoms with E-state index in [1.165, 1.54) is 9.80 Å². The van der Waals surface area contributed by atoms with Gasteiger partial charge in [-0.25, -0.2) is 4.79 Å². The lowest BCUT2D eigenvalue weighted by Gasteiger charge is -2.21. The summed E-state index contributed by atoms with van der Waals surface area (Å²) in [6, 6.07) is 4.83. The molecule has 100 valence electrons. The van der Waals surface area contributed by atoms with Crippen LogP contribution >= 0.6 is 0 Å². The average Bonchev–Trinajstić information content (AvgIpc) is 2.46. The van der Waals surface area contributed by atoms with Crippen molar-refractivity contribution in [3.63, 3.8) is 0 Å². The van der Waals surface area contributed by atoms with Gasteiger partial charge < -0.3 is 14.5 Å². The quantitative estimate of drug-likeness (QED) is 0.827. The molecular weight excluding hydrogens is 228 g/mol. The summed E-state index contributed by atoms with van der Waals surface area (Å²) in [4.78, 5) is 14.7. The van der Waals surface area contributed by atoms with Crippen LogP contribution in [0.5, 0.6) is 5.75 Å². The number of hydrogen-bond donors (Lipinski definition) is 0. The van der Waals surface area contributed by atoms with Crippen LogP contribution in [0.2, 0.25) is 0 Å². The minimum atomic E-state index is -1.13. The maximum Gasteiger partial charge on any atom is 0.414 e. The van der Waals surface area contributed by atoms with Crippen molar-refractivity contribution in [3.05, 3.63) is 29.8 Å². The molecule has 0 N–H and O–H groups in total. The van der Waals surface area contributed by atoms with Crippen LogP contribution in [0.1, 0.15) is 29.6 Å². The molecule has 0 saturated carbocycles. The van der Waals surface area contributed by atoms with Gasteiger partial charge >= 0.3 is 6.09 Å². The summed E-state index contributed by atoms with van der Waals surface area (Å²) in [5.41, 5.74) is 0.617. The highest BCUT2D eigenvalue weighted by atomic mass is 16.6. The van der Waals surface area contributed by atoms with E-state index >= 15 is 0 Å². The Labute approximate surface area is 113 Å². The van der Waals surface area contributed by atoms with Crippen LogP contribution in [0.25, 0.3) is 0 Å². The fourth-order valence-electron chi connectivity index (χ4n) is 1.29. The molecule has 0 aliphatic heterocycles. The van der Waals surface area contributed by atoms with E-state index < -0.39 is 13.1 Å². The molecule has 0 heterocycles. The lowest BCUT2D eigenvalue weighted by Crippen LogP contribution is -2.29. The van der Waals surface area contributed by atoms with E-state index in [9.17, 15) is 4.79 Å². The summed E-state index contributed by atoms with van der Waals surface area (Å²) in [6.45, 7) is 3.04. The summed E-state index contributed by atoms with van der Waals surface area (Å²) in [5.74, 6) is 0.185. The predicted octanol–water partition coefficient (Wildman–Crippen LogP) is 2.76. The first kappa shape index (κ1) is 10.4. The van der Waals surface area contributed by atoms with E-state index in [1.54, 1.807) is 32.3 Å². The Hall–Kier alpha value is -1.55. The fourth-order valence-corrected chi connectivity index (χ4v) is 1.29. The summed E-state index contributed by atoms with van der Waals surface area (Å²) in [6.07, 6.45) is -0.511. The molecule has 4 heteroatoms. The maximum absolute atomic E-state index is 11.8. The largest absolute Gasteiger partial charge is 0.414 e. The van der Waals surface area contributed by atoms with Gasteiger partial charge in [-0.3, -0.25) is 0 Å². The van der Waals surface area contributed by atoms with Crippen LogP contribution in [-0.2, 0) is 0 Å². The van der Waals surface area contributed by atoms with Crippen LogP contribution in [0.4, 0.5) is 4.79 Å². The number of carbonyl (C=O) groups is 1. The predicted molar refractivity (Wildman–Crippen MR) is 72.9 cm³/mol. The molecule has 0 aliphatic carbocycles. The molecule has 1 aromatic rings. The summed E-state index contributed by atoms with van der Waals surface area (Å²) in [7, 11) is 3.27. The van der Waals surface area contributed by atoms with E-state index in [2.05, 4.69) is 0 Å². The first-order valence-electron chi connectivity index (χ1n) is 7.53. The third kappa shape index (κ3) is 3.74. The normalized spacial score (nSPS) is 14.9. The van der Waals surface area contributed by atoms with Crippen LogP contribution < -0.4 is 4.74 Å². The molecule has 0 unspecified atom stereocenters. The van der Waals surface area contributed by atoms with Crippen molar-refractivity contribution in [2.45, 2.75) is 19.9 Å². The van der Waals surface area contributed by atoms with E-state index in [0.717, 1.165) is 0 Å². The van der Waals surface area contributed by atoms with Crippen LogP contribution in [-0.4, -0.2) is 43.5 Å². The van der Waals surface area contributed by atoms with Crippen LogP contribution in [0, 0.1) is 0 Å². The molecular formula is C14H22N2O2. The Kier molecular flexibility index (Phi) is 3.69. The molecule has 1 aromatic carbocycles. The van der Waals surface area contributed by atoms with Crippen molar-refractivity contribution >= 4 is 6.09 Å². The van der Waals surface area contributed by atoms with E-state index in [1.807, 2.05) is 13.8 Å². The summed E-state index contributed by atoms with van der Waals surface area (Å²) < 4.78 is 28.2. The van der Waals surface area contributed by atoms with E-state index in [0.29, 0.717) is 12.1 Å². The number of amides is 1. The second-order valence-electron chi connectivity index (χ2n) is 4.19. The van der Waals surface area contributed by atoms with Crippen molar-refractivity contribution in [2.75, 3.05) is 27.6 Å². The first-order chi connectivity index (χ1) is 9.79. The molecule has 1 rings (SSSR count). The first-order valence-corrected chi connectivity index (χ1v) is 5.88. The van der Waals surface area contributed by atoms with Gasteiger partial charge in [-0.1, -0.05) is 12.1 Å². The minimum absolute atomic E-state index is 0.107. The van der Waals surface area contributed by atoms with Gasteiger partial charge in [0.05, 0.1) is 1.37 Å². The van der Waals surface area contributed by atoms with Gasteiger partial charge in [0, 0.05) is 22.4 Å². The van der Waals surface area contributed by atoms with Crippen molar-refractivity contribution in [3.8, 4) is 5.75 Å². The van der Waals surface area contributed by atoms with Crippen molar-refractivity contribution in [1.82, 2.24) is 9.80 Å². The fraction of sp³-hybridized carbons (Fsp3) is 0.500. The van der Waals surface area contributed by atoms with Gasteiger partial charge in [-0.2, -0.15) is 0 Å². The minimum Gasteiger partial charge on any atom is -0.410 e. The Balaban J connectivity index is 3.01.